The lowest BCUT2D eigenvalue weighted by molar-refractivity contribution is -0.129. The third-order valence-corrected chi connectivity index (χ3v) is 5.79. The molecule has 1 saturated carbocycles. The summed E-state index contributed by atoms with van der Waals surface area (Å²) in [5.74, 6) is 2.61. The second-order valence-electron chi connectivity index (χ2n) is 7.51. The molecule has 2 fully saturated rings. The predicted molar refractivity (Wildman–Crippen MR) is 91.6 cm³/mol. The molecule has 8 heteroatoms. The van der Waals surface area contributed by atoms with Gasteiger partial charge in [0.15, 0.2) is 0 Å². The molecule has 25 heavy (non-hydrogen) atoms. The largest absolute Gasteiger partial charge is 0.347 e. The van der Waals surface area contributed by atoms with E-state index in [1.807, 2.05) is 4.90 Å². The fourth-order valence-electron chi connectivity index (χ4n) is 4.39. The first-order chi connectivity index (χ1) is 12.0. The third-order valence-electron chi connectivity index (χ3n) is 5.79. The van der Waals surface area contributed by atoms with E-state index in [0.717, 1.165) is 13.1 Å². The van der Waals surface area contributed by atoms with Crippen LogP contribution in [0.5, 0.6) is 0 Å². The van der Waals surface area contributed by atoms with Crippen molar-refractivity contribution in [2.75, 3.05) is 32.5 Å². The van der Waals surface area contributed by atoms with Gasteiger partial charge in [0.25, 0.3) is 0 Å². The predicted octanol–water partition coefficient (Wildman–Crippen LogP) is 1.04. The molecule has 4 atom stereocenters. The standard InChI is InChI=1S/C17H24N6O2/c1-21(2)15(24)9-23-10-18-16(20-23)19-17(25)22-7-13-11-3-4-12(6-5-11)14(13)8-22/h3-4,10-14H,5-9H2,1-2H3,(H,19,20,25). The molecule has 1 aliphatic heterocycles. The fraction of sp³-hybridized carbons (Fsp3) is 0.647. The summed E-state index contributed by atoms with van der Waals surface area (Å²) >= 11 is 0. The van der Waals surface area contributed by atoms with Gasteiger partial charge in [-0.1, -0.05) is 12.2 Å². The molecule has 5 rings (SSSR count). The number of nitrogens with one attached hydrogen (secondary N) is 1. The first kappa shape index (κ1) is 16.1. The summed E-state index contributed by atoms with van der Waals surface area (Å²) < 4.78 is 1.44. The van der Waals surface area contributed by atoms with Crippen molar-refractivity contribution in [3.8, 4) is 0 Å². The van der Waals surface area contributed by atoms with E-state index < -0.39 is 0 Å². The number of carbonyl (C=O) groups is 2. The third kappa shape index (κ3) is 3.01. The summed E-state index contributed by atoms with van der Waals surface area (Å²) in [6.45, 7) is 1.72. The Morgan fingerprint density at radius 1 is 1.20 bits per heavy atom. The second-order valence-corrected chi connectivity index (χ2v) is 7.51. The summed E-state index contributed by atoms with van der Waals surface area (Å²) in [5.41, 5.74) is 0. The number of hydrogen-bond donors (Lipinski definition) is 1. The fourth-order valence-corrected chi connectivity index (χ4v) is 4.39. The number of allylic oxidation sites excluding steroid dienone is 2. The number of rotatable bonds is 3. The first-order valence-electron chi connectivity index (χ1n) is 8.85. The maximum Gasteiger partial charge on any atom is 0.324 e. The van der Waals surface area contributed by atoms with Crippen LogP contribution < -0.4 is 5.32 Å². The Labute approximate surface area is 146 Å². The number of urea groups is 1. The normalized spacial score (nSPS) is 29.6. The Balaban J connectivity index is 1.36. The minimum atomic E-state index is -0.148. The molecular formula is C17H24N6O2. The zero-order chi connectivity index (χ0) is 17.6. The van der Waals surface area contributed by atoms with Crippen LogP contribution in [0, 0.1) is 23.7 Å². The van der Waals surface area contributed by atoms with Crippen molar-refractivity contribution in [2.45, 2.75) is 19.4 Å². The molecule has 4 aliphatic rings. The molecule has 134 valence electrons. The van der Waals surface area contributed by atoms with E-state index in [1.165, 1.54) is 28.8 Å². The molecule has 0 spiro atoms. The van der Waals surface area contributed by atoms with Gasteiger partial charge in [0.1, 0.15) is 12.9 Å². The molecule has 1 aromatic heterocycles. The number of likely N-dealkylation sites (N-methyl/N-ethyl adjacent to an activating group) is 1. The molecule has 8 nitrogen and oxygen atoms in total. The van der Waals surface area contributed by atoms with E-state index in [4.69, 9.17) is 0 Å². The molecule has 2 heterocycles. The van der Waals surface area contributed by atoms with Crippen LogP contribution in [0.1, 0.15) is 12.8 Å². The molecule has 2 bridgehead atoms. The van der Waals surface area contributed by atoms with Gasteiger partial charge < -0.3 is 9.80 Å². The Bertz CT molecular complexity index is 690. The van der Waals surface area contributed by atoms with Gasteiger partial charge >= 0.3 is 6.03 Å². The molecule has 0 radical (unpaired) electrons. The minimum absolute atomic E-state index is 0.0747. The van der Waals surface area contributed by atoms with Crippen LogP contribution in [0.2, 0.25) is 0 Å². The molecular weight excluding hydrogens is 320 g/mol. The Morgan fingerprint density at radius 2 is 1.84 bits per heavy atom. The number of likely N-dealkylation sites (tertiary alicyclic amines) is 1. The summed E-state index contributed by atoms with van der Waals surface area (Å²) in [4.78, 5) is 31.7. The van der Waals surface area contributed by atoms with E-state index in [1.54, 1.807) is 14.1 Å². The van der Waals surface area contributed by atoms with E-state index in [9.17, 15) is 9.59 Å². The van der Waals surface area contributed by atoms with Crippen molar-refractivity contribution in [2.24, 2.45) is 23.7 Å². The van der Waals surface area contributed by atoms with Crippen molar-refractivity contribution >= 4 is 17.9 Å². The average Bonchev–Trinajstić information content (AvgIpc) is 3.23. The van der Waals surface area contributed by atoms with Crippen molar-refractivity contribution < 1.29 is 9.59 Å². The molecule has 3 aliphatic carbocycles. The van der Waals surface area contributed by atoms with E-state index >= 15 is 0 Å². The number of aromatic nitrogens is 3. The van der Waals surface area contributed by atoms with Gasteiger partial charge in [0.2, 0.25) is 11.9 Å². The highest BCUT2D eigenvalue weighted by Gasteiger charge is 2.47. The number of carbonyl (C=O) groups excluding carboxylic acids is 2. The maximum atomic E-state index is 12.6. The Kier molecular flexibility index (Phi) is 3.97. The second kappa shape index (κ2) is 6.16. The van der Waals surface area contributed by atoms with Gasteiger partial charge in [0.05, 0.1) is 0 Å². The number of anilines is 1. The van der Waals surface area contributed by atoms with Gasteiger partial charge in [-0.2, -0.15) is 0 Å². The lowest BCUT2D eigenvalue weighted by atomic mass is 9.64. The number of fused-ring (bicyclic) bond motifs is 1. The summed E-state index contributed by atoms with van der Waals surface area (Å²) in [5, 5.41) is 6.93. The van der Waals surface area contributed by atoms with Crippen LogP contribution in [0.25, 0.3) is 0 Å². The molecule has 1 saturated heterocycles. The van der Waals surface area contributed by atoms with Crippen molar-refractivity contribution in [1.82, 2.24) is 24.6 Å². The number of nitrogens with zero attached hydrogens (tertiary/aromatic N) is 5. The number of amides is 3. The highest BCUT2D eigenvalue weighted by Crippen LogP contribution is 2.48. The van der Waals surface area contributed by atoms with E-state index in [2.05, 4.69) is 27.6 Å². The van der Waals surface area contributed by atoms with Crippen LogP contribution in [0.4, 0.5) is 10.7 Å². The topological polar surface area (TPSA) is 83.4 Å². The minimum Gasteiger partial charge on any atom is -0.347 e. The van der Waals surface area contributed by atoms with Crippen LogP contribution in [0.15, 0.2) is 18.5 Å². The highest BCUT2D eigenvalue weighted by molar-refractivity contribution is 5.87. The van der Waals surface area contributed by atoms with Gasteiger partial charge in [-0.3, -0.25) is 10.1 Å². The quantitative estimate of drug-likeness (QED) is 0.831. The lowest BCUT2D eigenvalue weighted by Gasteiger charge is -2.40. The molecule has 1 aromatic rings. The Morgan fingerprint density at radius 3 is 2.40 bits per heavy atom. The summed E-state index contributed by atoms with van der Waals surface area (Å²) in [6, 6.07) is -0.148. The van der Waals surface area contributed by atoms with Crippen molar-refractivity contribution in [3.63, 3.8) is 0 Å². The van der Waals surface area contributed by atoms with E-state index in [0.29, 0.717) is 23.7 Å². The first-order valence-corrected chi connectivity index (χ1v) is 8.85. The SMILES string of the molecule is CN(C)C(=O)Cn1cnc(NC(=O)N2CC3C4C=CC(CC4)C3C2)n1. The molecule has 1 N–H and O–H groups in total. The zero-order valence-corrected chi connectivity index (χ0v) is 14.6. The van der Waals surface area contributed by atoms with Gasteiger partial charge in [-0.15, -0.1) is 5.10 Å². The molecule has 4 unspecified atom stereocenters. The van der Waals surface area contributed by atoms with Crippen molar-refractivity contribution in [1.29, 1.82) is 0 Å². The van der Waals surface area contributed by atoms with Crippen LogP contribution in [-0.2, 0) is 11.3 Å². The smallest absolute Gasteiger partial charge is 0.324 e. The maximum absolute atomic E-state index is 12.6. The lowest BCUT2D eigenvalue weighted by Crippen LogP contribution is -2.35. The van der Waals surface area contributed by atoms with Gasteiger partial charge in [0, 0.05) is 27.2 Å². The van der Waals surface area contributed by atoms with Crippen LogP contribution >= 0.6 is 0 Å². The van der Waals surface area contributed by atoms with E-state index in [-0.39, 0.29) is 24.4 Å². The summed E-state index contributed by atoms with van der Waals surface area (Å²) in [7, 11) is 3.38. The molecule has 3 amide bonds. The monoisotopic (exact) mass is 344 g/mol. The van der Waals surface area contributed by atoms with Crippen LogP contribution in [-0.4, -0.2) is 63.7 Å². The molecule has 0 aromatic carbocycles. The zero-order valence-electron chi connectivity index (χ0n) is 14.6. The average molecular weight is 344 g/mol. The van der Waals surface area contributed by atoms with Gasteiger partial charge in [-0.25, -0.2) is 14.5 Å². The highest BCUT2D eigenvalue weighted by atomic mass is 16.2. The summed E-state index contributed by atoms with van der Waals surface area (Å²) in [6.07, 6.45) is 8.67. The Hall–Kier alpha value is -2.38. The number of hydrogen-bond acceptors (Lipinski definition) is 4. The van der Waals surface area contributed by atoms with Gasteiger partial charge in [-0.05, 0) is 36.5 Å². The van der Waals surface area contributed by atoms with Crippen molar-refractivity contribution in [3.05, 3.63) is 18.5 Å². The van der Waals surface area contributed by atoms with Crippen LogP contribution in [0.3, 0.4) is 0 Å².